The highest BCUT2D eigenvalue weighted by molar-refractivity contribution is 5.82. The Morgan fingerprint density at radius 3 is 2.76 bits per heavy atom. The standard InChI is InChI=1S/C17H23NO3/c1-17(2)15(20-8-9-21-17)11-18-16(19)14-10-13(14)12-6-4-3-5-7-12/h3-7,13-15H,8-11H2,1-2H3,(H,18,19)/t13-,14-,15?/m1/s1. The predicted octanol–water partition coefficient (Wildman–Crippen LogP) is 2.10. The van der Waals surface area contributed by atoms with E-state index < -0.39 is 0 Å². The Kier molecular flexibility index (Phi) is 4.00. The lowest BCUT2D eigenvalue weighted by molar-refractivity contribution is -0.184. The van der Waals surface area contributed by atoms with Crippen LogP contribution >= 0.6 is 0 Å². The van der Waals surface area contributed by atoms with E-state index in [1.165, 1.54) is 5.56 Å². The monoisotopic (exact) mass is 289 g/mol. The van der Waals surface area contributed by atoms with Gasteiger partial charge in [0.2, 0.25) is 5.91 Å². The molecule has 1 aliphatic carbocycles. The molecule has 114 valence electrons. The van der Waals surface area contributed by atoms with Crippen LogP contribution in [0.4, 0.5) is 0 Å². The molecule has 1 saturated carbocycles. The largest absolute Gasteiger partial charge is 0.371 e. The third kappa shape index (κ3) is 3.27. The van der Waals surface area contributed by atoms with E-state index in [1.807, 2.05) is 32.0 Å². The van der Waals surface area contributed by atoms with Crippen molar-refractivity contribution >= 4 is 5.91 Å². The molecule has 1 saturated heterocycles. The van der Waals surface area contributed by atoms with Crippen molar-refractivity contribution in [2.45, 2.75) is 37.9 Å². The van der Waals surface area contributed by atoms with Gasteiger partial charge in [0.15, 0.2) is 0 Å². The third-order valence-corrected chi connectivity index (χ3v) is 4.47. The summed E-state index contributed by atoms with van der Waals surface area (Å²) in [7, 11) is 0. The number of rotatable bonds is 4. The van der Waals surface area contributed by atoms with Gasteiger partial charge < -0.3 is 14.8 Å². The number of ether oxygens (including phenoxy) is 2. The zero-order valence-corrected chi connectivity index (χ0v) is 12.7. The van der Waals surface area contributed by atoms with E-state index in [0.717, 1.165) is 6.42 Å². The third-order valence-electron chi connectivity index (χ3n) is 4.47. The molecule has 0 radical (unpaired) electrons. The molecule has 1 amide bonds. The van der Waals surface area contributed by atoms with Crippen molar-refractivity contribution in [3.8, 4) is 0 Å². The van der Waals surface area contributed by atoms with E-state index in [1.54, 1.807) is 0 Å². The van der Waals surface area contributed by atoms with Gasteiger partial charge in [-0.3, -0.25) is 4.79 Å². The molecule has 0 aromatic heterocycles. The summed E-state index contributed by atoms with van der Waals surface area (Å²) in [6, 6.07) is 10.2. The number of nitrogens with one attached hydrogen (secondary N) is 1. The van der Waals surface area contributed by atoms with E-state index in [9.17, 15) is 4.79 Å². The van der Waals surface area contributed by atoms with Crippen LogP contribution in [0.5, 0.6) is 0 Å². The number of carbonyl (C=O) groups is 1. The maximum Gasteiger partial charge on any atom is 0.223 e. The number of hydrogen-bond acceptors (Lipinski definition) is 3. The fourth-order valence-corrected chi connectivity index (χ4v) is 2.97. The van der Waals surface area contributed by atoms with Gasteiger partial charge in [-0.25, -0.2) is 0 Å². The highest BCUT2D eigenvalue weighted by Gasteiger charge is 2.44. The maximum absolute atomic E-state index is 12.2. The molecule has 1 N–H and O–H groups in total. The van der Waals surface area contributed by atoms with Crippen molar-refractivity contribution in [1.82, 2.24) is 5.32 Å². The SMILES string of the molecule is CC1(C)OCCOC1CNC(=O)[C@@H]1C[C@@H]1c1ccccc1. The van der Waals surface area contributed by atoms with Gasteiger partial charge in [-0.05, 0) is 31.7 Å². The quantitative estimate of drug-likeness (QED) is 0.923. The van der Waals surface area contributed by atoms with Gasteiger partial charge in [-0.1, -0.05) is 30.3 Å². The van der Waals surface area contributed by atoms with Crippen LogP contribution in [0.2, 0.25) is 0 Å². The molecule has 0 spiro atoms. The van der Waals surface area contributed by atoms with Crippen LogP contribution in [0, 0.1) is 5.92 Å². The van der Waals surface area contributed by atoms with Crippen LogP contribution in [-0.2, 0) is 14.3 Å². The van der Waals surface area contributed by atoms with Gasteiger partial charge in [0.25, 0.3) is 0 Å². The average molecular weight is 289 g/mol. The van der Waals surface area contributed by atoms with Crippen molar-refractivity contribution < 1.29 is 14.3 Å². The average Bonchev–Trinajstić information content (AvgIpc) is 3.27. The first kappa shape index (κ1) is 14.5. The predicted molar refractivity (Wildman–Crippen MR) is 80.1 cm³/mol. The van der Waals surface area contributed by atoms with Crippen molar-refractivity contribution in [1.29, 1.82) is 0 Å². The minimum absolute atomic E-state index is 0.0795. The minimum atomic E-state index is -0.339. The van der Waals surface area contributed by atoms with Crippen LogP contribution in [0.3, 0.4) is 0 Å². The molecule has 1 aromatic rings. The topological polar surface area (TPSA) is 47.6 Å². The first-order valence-electron chi connectivity index (χ1n) is 7.66. The van der Waals surface area contributed by atoms with Gasteiger partial charge in [-0.15, -0.1) is 0 Å². The summed E-state index contributed by atoms with van der Waals surface area (Å²) in [4.78, 5) is 12.2. The first-order valence-corrected chi connectivity index (χ1v) is 7.66. The van der Waals surface area contributed by atoms with E-state index in [4.69, 9.17) is 9.47 Å². The second-order valence-electron chi connectivity index (χ2n) is 6.42. The molecule has 1 aliphatic heterocycles. The Hall–Kier alpha value is -1.39. The summed E-state index contributed by atoms with van der Waals surface area (Å²) in [5.41, 5.74) is 0.920. The van der Waals surface area contributed by atoms with Crippen LogP contribution in [-0.4, -0.2) is 37.4 Å². The Morgan fingerprint density at radius 1 is 1.29 bits per heavy atom. The fraction of sp³-hybridized carbons (Fsp3) is 0.588. The molecule has 2 aliphatic rings. The molecule has 1 heterocycles. The highest BCUT2D eigenvalue weighted by Crippen LogP contribution is 2.47. The van der Waals surface area contributed by atoms with Gasteiger partial charge in [0.1, 0.15) is 6.10 Å². The van der Waals surface area contributed by atoms with Gasteiger partial charge in [0.05, 0.1) is 18.8 Å². The van der Waals surface area contributed by atoms with E-state index in [-0.39, 0.29) is 23.5 Å². The summed E-state index contributed by atoms with van der Waals surface area (Å²) in [5, 5.41) is 3.03. The number of amides is 1. The molecule has 21 heavy (non-hydrogen) atoms. The molecule has 3 atom stereocenters. The smallest absolute Gasteiger partial charge is 0.223 e. The first-order chi connectivity index (χ1) is 10.1. The van der Waals surface area contributed by atoms with Gasteiger partial charge in [0, 0.05) is 12.5 Å². The molecule has 3 rings (SSSR count). The van der Waals surface area contributed by atoms with Crippen LogP contribution in [0.25, 0.3) is 0 Å². The molecule has 1 aromatic carbocycles. The summed E-state index contributed by atoms with van der Waals surface area (Å²) < 4.78 is 11.4. The van der Waals surface area contributed by atoms with Crippen LogP contribution < -0.4 is 5.32 Å². The zero-order chi connectivity index (χ0) is 14.9. The molecule has 4 nitrogen and oxygen atoms in total. The van der Waals surface area contributed by atoms with Crippen molar-refractivity contribution in [3.05, 3.63) is 35.9 Å². The Labute approximate surface area is 125 Å². The summed E-state index contributed by atoms with van der Waals surface area (Å²) in [6.07, 6.45) is 0.866. The molecule has 4 heteroatoms. The van der Waals surface area contributed by atoms with E-state index in [2.05, 4.69) is 17.4 Å². The summed E-state index contributed by atoms with van der Waals surface area (Å²) in [6.45, 7) is 5.75. The number of hydrogen-bond donors (Lipinski definition) is 1. The molecule has 1 unspecified atom stereocenters. The lowest BCUT2D eigenvalue weighted by Crippen LogP contribution is -2.52. The highest BCUT2D eigenvalue weighted by atomic mass is 16.6. The van der Waals surface area contributed by atoms with Crippen molar-refractivity contribution in [3.63, 3.8) is 0 Å². The van der Waals surface area contributed by atoms with Crippen LogP contribution in [0.1, 0.15) is 31.7 Å². The number of carbonyl (C=O) groups excluding carboxylic acids is 1. The summed E-state index contributed by atoms with van der Waals surface area (Å²) in [5.74, 6) is 0.622. The lowest BCUT2D eigenvalue weighted by atomic mass is 10.00. The molecule has 0 bridgehead atoms. The van der Waals surface area contributed by atoms with E-state index in [0.29, 0.717) is 25.7 Å². The normalized spacial score (nSPS) is 30.7. The van der Waals surface area contributed by atoms with Crippen LogP contribution in [0.15, 0.2) is 30.3 Å². The van der Waals surface area contributed by atoms with Gasteiger partial charge in [-0.2, -0.15) is 0 Å². The van der Waals surface area contributed by atoms with Crippen molar-refractivity contribution in [2.24, 2.45) is 5.92 Å². The fourth-order valence-electron chi connectivity index (χ4n) is 2.97. The second-order valence-corrected chi connectivity index (χ2v) is 6.42. The minimum Gasteiger partial charge on any atom is -0.371 e. The van der Waals surface area contributed by atoms with Crippen molar-refractivity contribution in [2.75, 3.05) is 19.8 Å². The molecular weight excluding hydrogens is 266 g/mol. The van der Waals surface area contributed by atoms with Gasteiger partial charge >= 0.3 is 0 Å². The molecular formula is C17H23NO3. The Balaban J connectivity index is 1.50. The lowest BCUT2D eigenvalue weighted by Gasteiger charge is -2.38. The number of benzene rings is 1. The Morgan fingerprint density at radius 2 is 2.05 bits per heavy atom. The Bertz CT molecular complexity index is 500. The van der Waals surface area contributed by atoms with E-state index >= 15 is 0 Å². The molecule has 2 fully saturated rings. The maximum atomic E-state index is 12.2. The second kappa shape index (κ2) is 5.78. The zero-order valence-electron chi connectivity index (χ0n) is 12.7. The summed E-state index contributed by atoms with van der Waals surface area (Å²) >= 11 is 0.